The first-order chi connectivity index (χ1) is 14.1. The van der Waals surface area contributed by atoms with Gasteiger partial charge in [-0.05, 0) is 48.4 Å². The molecule has 0 saturated heterocycles. The van der Waals surface area contributed by atoms with E-state index in [2.05, 4.69) is 53.4 Å². The number of ether oxygens (including phenoxy) is 1. The molecule has 1 N–H and O–H groups in total. The molecule has 0 aromatic heterocycles. The minimum atomic E-state index is -0.773. The number of para-hydroxylation sites is 2. The van der Waals surface area contributed by atoms with Crippen LogP contribution in [0.1, 0.15) is 12.5 Å². The van der Waals surface area contributed by atoms with Crippen LogP contribution in [0.25, 0.3) is 0 Å². The fraction of sp³-hybridized carbons (Fsp3) is 0.208. The van der Waals surface area contributed by atoms with Crippen LogP contribution in [0.4, 0.5) is 11.4 Å². The van der Waals surface area contributed by atoms with Gasteiger partial charge in [0.1, 0.15) is 12.4 Å². The molecule has 3 aromatic carbocycles. The van der Waals surface area contributed by atoms with Gasteiger partial charge in [0.2, 0.25) is 0 Å². The standard InChI is InChI=1S/C24H23NO3S/c1-17(24(26)27)16-18-10-12-19(13-11-18)28-15-14-25-20-6-2-4-8-22(20)29-23-9-5-3-7-21(23)25/h2-13,17H,14-16H2,1H3,(H,26,27). The van der Waals surface area contributed by atoms with E-state index in [-0.39, 0.29) is 5.92 Å². The Kier molecular flexibility index (Phi) is 5.76. The van der Waals surface area contributed by atoms with Crippen molar-refractivity contribution in [2.24, 2.45) is 5.92 Å². The molecule has 0 fully saturated rings. The zero-order valence-electron chi connectivity index (χ0n) is 16.2. The molecular formula is C24H23NO3S. The number of fused-ring (bicyclic) bond motifs is 2. The van der Waals surface area contributed by atoms with E-state index in [1.165, 1.54) is 21.2 Å². The van der Waals surface area contributed by atoms with E-state index < -0.39 is 5.97 Å². The number of hydrogen-bond donors (Lipinski definition) is 1. The second-order valence-corrected chi connectivity index (χ2v) is 8.21. The van der Waals surface area contributed by atoms with Crippen LogP contribution < -0.4 is 9.64 Å². The number of nitrogens with zero attached hydrogens (tertiary/aromatic N) is 1. The van der Waals surface area contributed by atoms with Crippen LogP contribution >= 0.6 is 11.8 Å². The molecule has 4 rings (SSSR count). The summed E-state index contributed by atoms with van der Waals surface area (Å²) in [5.74, 6) is -0.367. The molecule has 0 saturated carbocycles. The summed E-state index contributed by atoms with van der Waals surface area (Å²) in [4.78, 5) is 15.8. The van der Waals surface area contributed by atoms with E-state index in [9.17, 15) is 4.79 Å². The summed E-state index contributed by atoms with van der Waals surface area (Å²) in [6.07, 6.45) is 0.522. The van der Waals surface area contributed by atoms with Gasteiger partial charge in [-0.1, -0.05) is 55.1 Å². The topological polar surface area (TPSA) is 49.8 Å². The average Bonchev–Trinajstić information content (AvgIpc) is 2.74. The molecule has 0 bridgehead atoms. The maximum Gasteiger partial charge on any atom is 0.306 e. The van der Waals surface area contributed by atoms with Gasteiger partial charge in [0, 0.05) is 9.79 Å². The molecule has 1 heterocycles. The van der Waals surface area contributed by atoms with Crippen LogP contribution in [0.15, 0.2) is 82.6 Å². The molecular weight excluding hydrogens is 382 g/mol. The summed E-state index contributed by atoms with van der Waals surface area (Å²) in [6.45, 7) is 3.02. The van der Waals surface area contributed by atoms with Crippen molar-refractivity contribution in [3.8, 4) is 5.75 Å². The first kappa shape index (κ1) is 19.4. The highest BCUT2D eigenvalue weighted by atomic mass is 32.2. The molecule has 1 atom stereocenters. The van der Waals surface area contributed by atoms with Crippen LogP contribution in [0, 0.1) is 5.92 Å². The number of carboxylic acid groups (broad SMARTS) is 1. The summed E-state index contributed by atoms with van der Waals surface area (Å²) >= 11 is 1.80. The highest BCUT2D eigenvalue weighted by molar-refractivity contribution is 7.99. The minimum Gasteiger partial charge on any atom is -0.492 e. The van der Waals surface area contributed by atoms with Crippen molar-refractivity contribution >= 4 is 29.1 Å². The van der Waals surface area contributed by atoms with Crippen LogP contribution in [0.5, 0.6) is 5.75 Å². The normalized spacial score (nSPS) is 13.3. The molecule has 1 unspecified atom stereocenters. The monoisotopic (exact) mass is 405 g/mol. The summed E-state index contributed by atoms with van der Waals surface area (Å²) in [7, 11) is 0. The third-order valence-corrected chi connectivity index (χ3v) is 6.13. The third kappa shape index (κ3) is 4.40. The van der Waals surface area contributed by atoms with Gasteiger partial charge in [0.05, 0.1) is 23.8 Å². The number of benzene rings is 3. The Labute approximate surface area is 175 Å². The van der Waals surface area contributed by atoms with E-state index in [0.29, 0.717) is 13.0 Å². The predicted octanol–water partition coefficient (Wildman–Crippen LogP) is 5.63. The lowest BCUT2D eigenvalue weighted by atomic mass is 10.0. The first-order valence-corrected chi connectivity index (χ1v) is 10.5. The van der Waals surface area contributed by atoms with E-state index in [4.69, 9.17) is 9.84 Å². The summed E-state index contributed by atoms with van der Waals surface area (Å²) in [5.41, 5.74) is 3.42. The lowest BCUT2D eigenvalue weighted by Gasteiger charge is -2.32. The molecule has 1 aliphatic heterocycles. The first-order valence-electron chi connectivity index (χ1n) is 9.70. The minimum absolute atomic E-state index is 0.390. The van der Waals surface area contributed by atoms with Gasteiger partial charge in [-0.25, -0.2) is 0 Å². The van der Waals surface area contributed by atoms with Crippen molar-refractivity contribution in [1.29, 1.82) is 0 Å². The number of rotatable bonds is 7. The van der Waals surface area contributed by atoms with E-state index in [1.807, 2.05) is 24.3 Å². The number of carbonyl (C=O) groups is 1. The van der Waals surface area contributed by atoms with Gasteiger partial charge < -0.3 is 14.7 Å². The average molecular weight is 406 g/mol. The fourth-order valence-electron chi connectivity index (χ4n) is 3.44. The Morgan fingerprint density at radius 3 is 2.14 bits per heavy atom. The van der Waals surface area contributed by atoms with Crippen molar-refractivity contribution in [1.82, 2.24) is 0 Å². The van der Waals surface area contributed by atoms with Crippen molar-refractivity contribution < 1.29 is 14.6 Å². The Morgan fingerprint density at radius 2 is 1.55 bits per heavy atom. The Hall–Kier alpha value is -2.92. The molecule has 1 aliphatic rings. The van der Waals surface area contributed by atoms with Gasteiger partial charge in [0.15, 0.2) is 0 Å². The predicted molar refractivity (Wildman–Crippen MR) is 116 cm³/mol. The van der Waals surface area contributed by atoms with Crippen molar-refractivity contribution in [2.45, 2.75) is 23.1 Å². The quantitative estimate of drug-likeness (QED) is 0.552. The van der Waals surface area contributed by atoms with Gasteiger partial charge in [-0.15, -0.1) is 0 Å². The second-order valence-electron chi connectivity index (χ2n) is 7.12. The van der Waals surface area contributed by atoms with Crippen molar-refractivity contribution in [3.63, 3.8) is 0 Å². The van der Waals surface area contributed by atoms with Crippen LogP contribution in [-0.4, -0.2) is 24.2 Å². The number of anilines is 2. The van der Waals surface area contributed by atoms with Gasteiger partial charge in [-0.3, -0.25) is 4.79 Å². The molecule has 4 nitrogen and oxygen atoms in total. The zero-order valence-corrected chi connectivity index (χ0v) is 17.1. The third-order valence-electron chi connectivity index (χ3n) is 5.00. The van der Waals surface area contributed by atoms with Crippen molar-refractivity contribution in [3.05, 3.63) is 78.4 Å². The van der Waals surface area contributed by atoms with Crippen LogP contribution in [0.3, 0.4) is 0 Å². The van der Waals surface area contributed by atoms with Gasteiger partial charge >= 0.3 is 5.97 Å². The molecule has 5 heteroatoms. The lowest BCUT2D eigenvalue weighted by Crippen LogP contribution is -2.26. The highest BCUT2D eigenvalue weighted by Gasteiger charge is 2.22. The number of aliphatic carboxylic acids is 1. The molecule has 0 aliphatic carbocycles. The van der Waals surface area contributed by atoms with Crippen LogP contribution in [-0.2, 0) is 11.2 Å². The number of hydrogen-bond acceptors (Lipinski definition) is 4. The second kappa shape index (κ2) is 8.62. The summed E-state index contributed by atoms with van der Waals surface area (Å²) in [6, 6.07) is 24.6. The Morgan fingerprint density at radius 1 is 0.966 bits per heavy atom. The largest absolute Gasteiger partial charge is 0.492 e. The maximum atomic E-state index is 11.0. The zero-order chi connectivity index (χ0) is 20.2. The Bertz CT molecular complexity index is 958. The smallest absolute Gasteiger partial charge is 0.306 e. The summed E-state index contributed by atoms with van der Waals surface area (Å²) < 4.78 is 5.98. The molecule has 0 spiro atoms. The molecule has 29 heavy (non-hydrogen) atoms. The molecule has 0 radical (unpaired) electrons. The lowest BCUT2D eigenvalue weighted by molar-refractivity contribution is -0.141. The van der Waals surface area contributed by atoms with E-state index >= 15 is 0 Å². The van der Waals surface area contributed by atoms with E-state index in [0.717, 1.165) is 17.9 Å². The summed E-state index contributed by atoms with van der Waals surface area (Å²) in [5, 5.41) is 9.05. The Balaban J connectivity index is 1.42. The fourth-order valence-corrected chi connectivity index (χ4v) is 4.54. The highest BCUT2D eigenvalue weighted by Crippen LogP contribution is 2.47. The van der Waals surface area contributed by atoms with Gasteiger partial charge in [-0.2, -0.15) is 0 Å². The molecule has 0 amide bonds. The maximum absolute atomic E-state index is 11.0. The van der Waals surface area contributed by atoms with E-state index in [1.54, 1.807) is 18.7 Å². The molecule has 148 valence electrons. The van der Waals surface area contributed by atoms with Crippen LogP contribution in [0.2, 0.25) is 0 Å². The van der Waals surface area contributed by atoms with Crippen molar-refractivity contribution in [2.75, 3.05) is 18.1 Å². The molecule has 3 aromatic rings. The SMILES string of the molecule is CC(Cc1ccc(OCCN2c3ccccc3Sc3ccccc32)cc1)C(=O)O. The number of carboxylic acids is 1. The van der Waals surface area contributed by atoms with Gasteiger partial charge in [0.25, 0.3) is 0 Å².